The van der Waals surface area contributed by atoms with E-state index in [1.165, 1.54) is 0 Å². The number of allylic oxidation sites excluding steroid dienone is 2. The van der Waals surface area contributed by atoms with Gasteiger partial charge in [0.2, 0.25) is 0 Å². The van der Waals surface area contributed by atoms with Gasteiger partial charge in [-0.1, -0.05) is 48.6 Å². The van der Waals surface area contributed by atoms with E-state index in [2.05, 4.69) is 37.4 Å². The van der Waals surface area contributed by atoms with Crippen molar-refractivity contribution in [1.29, 1.82) is 0 Å². The van der Waals surface area contributed by atoms with E-state index in [4.69, 9.17) is 9.47 Å². The highest BCUT2D eigenvalue weighted by Crippen LogP contribution is 2.44. The van der Waals surface area contributed by atoms with Crippen molar-refractivity contribution >= 4 is 0 Å². The molecule has 2 aromatic rings. The van der Waals surface area contributed by atoms with E-state index in [1.54, 1.807) is 14.2 Å². The molecule has 0 heterocycles. The minimum absolute atomic E-state index is 0.432. The molecule has 0 aliphatic heterocycles. The van der Waals surface area contributed by atoms with Crippen LogP contribution >= 0.6 is 0 Å². The summed E-state index contributed by atoms with van der Waals surface area (Å²) >= 11 is 0. The van der Waals surface area contributed by atoms with Crippen LogP contribution in [0.2, 0.25) is 0 Å². The summed E-state index contributed by atoms with van der Waals surface area (Å²) < 4.78 is 10.6. The first-order valence-electron chi connectivity index (χ1n) is 7.57. The van der Waals surface area contributed by atoms with Crippen LogP contribution in [0.4, 0.5) is 0 Å². The molecular formula is C21H24O2. The lowest BCUT2D eigenvalue weighted by molar-refractivity contribution is 0.414. The third-order valence-electron chi connectivity index (χ3n) is 4.33. The van der Waals surface area contributed by atoms with Crippen molar-refractivity contribution in [2.75, 3.05) is 14.2 Å². The summed E-state index contributed by atoms with van der Waals surface area (Å²) in [5, 5.41) is 0. The van der Waals surface area contributed by atoms with E-state index in [0.717, 1.165) is 33.8 Å². The molecule has 2 heteroatoms. The minimum Gasteiger partial charge on any atom is -0.497 e. The summed E-state index contributed by atoms with van der Waals surface area (Å²) in [4.78, 5) is 0. The van der Waals surface area contributed by atoms with Gasteiger partial charge in [-0.15, -0.1) is 0 Å². The van der Waals surface area contributed by atoms with Crippen LogP contribution in [0.15, 0.2) is 72.8 Å². The van der Waals surface area contributed by atoms with E-state index >= 15 is 0 Å². The first kappa shape index (κ1) is 16.9. The van der Waals surface area contributed by atoms with Gasteiger partial charge < -0.3 is 9.47 Å². The average Bonchev–Trinajstić information content (AvgIpc) is 2.56. The van der Waals surface area contributed by atoms with E-state index in [9.17, 15) is 0 Å². The normalized spacial score (nSPS) is 11.0. The second-order valence-electron chi connectivity index (χ2n) is 5.77. The fourth-order valence-electron chi connectivity index (χ4n) is 3.20. The summed E-state index contributed by atoms with van der Waals surface area (Å²) in [6.45, 7) is 12.6. The minimum atomic E-state index is -0.432. The fourth-order valence-corrected chi connectivity index (χ4v) is 3.20. The molecule has 0 spiro atoms. The lowest BCUT2D eigenvalue weighted by Crippen LogP contribution is -2.30. The van der Waals surface area contributed by atoms with Crippen LogP contribution in [0.5, 0.6) is 11.5 Å². The van der Waals surface area contributed by atoms with Gasteiger partial charge in [-0.3, -0.25) is 0 Å². The number of hydrogen-bond donors (Lipinski definition) is 0. The standard InChI is InChI=1S/C21H24O2/c1-15(2)21(16(3)4,17-7-11-19(22-5)12-8-17)18-9-13-20(23-6)14-10-18/h7-14H,1,3H2,2,4-6H3. The van der Waals surface area contributed by atoms with Crippen molar-refractivity contribution in [1.82, 2.24) is 0 Å². The Labute approximate surface area is 139 Å². The van der Waals surface area contributed by atoms with Gasteiger partial charge in [0.1, 0.15) is 11.5 Å². The Morgan fingerprint density at radius 3 is 1.22 bits per heavy atom. The molecule has 0 aliphatic carbocycles. The molecule has 0 unspecified atom stereocenters. The maximum atomic E-state index is 5.28. The van der Waals surface area contributed by atoms with Crippen LogP contribution < -0.4 is 9.47 Å². The van der Waals surface area contributed by atoms with Crippen LogP contribution in [0.25, 0.3) is 0 Å². The first-order valence-corrected chi connectivity index (χ1v) is 7.57. The van der Waals surface area contributed by atoms with Gasteiger partial charge in [-0.05, 0) is 49.2 Å². The molecule has 0 aliphatic rings. The Bertz CT molecular complexity index is 630. The number of hydrogen-bond acceptors (Lipinski definition) is 2. The topological polar surface area (TPSA) is 18.5 Å². The zero-order chi connectivity index (χ0) is 17.0. The van der Waals surface area contributed by atoms with Gasteiger partial charge >= 0.3 is 0 Å². The Morgan fingerprint density at radius 1 is 0.696 bits per heavy atom. The summed E-state index contributed by atoms with van der Waals surface area (Å²) in [5.41, 5.74) is 3.88. The van der Waals surface area contributed by atoms with Crippen LogP contribution in [0.3, 0.4) is 0 Å². The lowest BCUT2D eigenvalue weighted by atomic mass is 9.66. The zero-order valence-corrected chi connectivity index (χ0v) is 14.3. The van der Waals surface area contributed by atoms with Gasteiger partial charge in [0.25, 0.3) is 0 Å². The summed E-state index contributed by atoms with van der Waals surface area (Å²) in [5.74, 6) is 1.67. The summed E-state index contributed by atoms with van der Waals surface area (Å²) in [7, 11) is 3.34. The van der Waals surface area contributed by atoms with Crippen molar-refractivity contribution in [3.63, 3.8) is 0 Å². The molecule has 0 aromatic heterocycles. The zero-order valence-electron chi connectivity index (χ0n) is 14.3. The number of ether oxygens (including phenoxy) is 2. The molecular weight excluding hydrogens is 284 g/mol. The molecule has 0 fully saturated rings. The molecule has 0 radical (unpaired) electrons. The highest BCUT2D eigenvalue weighted by molar-refractivity contribution is 5.56. The molecule has 0 bridgehead atoms. The number of rotatable bonds is 6. The van der Waals surface area contributed by atoms with Crippen LogP contribution in [0, 0.1) is 0 Å². The summed E-state index contributed by atoms with van der Waals surface area (Å²) in [6.07, 6.45) is 0. The van der Waals surface area contributed by atoms with Crippen molar-refractivity contribution in [3.8, 4) is 11.5 Å². The van der Waals surface area contributed by atoms with Gasteiger partial charge in [0.15, 0.2) is 0 Å². The molecule has 2 rings (SSSR count). The molecule has 2 aromatic carbocycles. The van der Waals surface area contributed by atoms with Crippen LogP contribution in [-0.2, 0) is 5.41 Å². The van der Waals surface area contributed by atoms with Gasteiger partial charge in [-0.25, -0.2) is 0 Å². The third-order valence-corrected chi connectivity index (χ3v) is 4.33. The van der Waals surface area contributed by atoms with E-state index in [0.29, 0.717) is 0 Å². The predicted octanol–water partition coefficient (Wildman–Crippen LogP) is 5.14. The molecule has 0 atom stereocenters. The second-order valence-corrected chi connectivity index (χ2v) is 5.77. The molecule has 0 N–H and O–H groups in total. The first-order chi connectivity index (χ1) is 11.0. The van der Waals surface area contributed by atoms with E-state index in [-0.39, 0.29) is 0 Å². The lowest BCUT2D eigenvalue weighted by Gasteiger charge is -2.37. The maximum Gasteiger partial charge on any atom is 0.118 e. The van der Waals surface area contributed by atoms with Crippen molar-refractivity contribution < 1.29 is 9.47 Å². The average molecular weight is 308 g/mol. The SMILES string of the molecule is C=C(C)C(C(=C)C)(c1ccc(OC)cc1)c1ccc(OC)cc1. The van der Waals surface area contributed by atoms with Crippen molar-refractivity contribution in [3.05, 3.63) is 84.0 Å². The molecule has 23 heavy (non-hydrogen) atoms. The van der Waals surface area contributed by atoms with Crippen molar-refractivity contribution in [2.45, 2.75) is 19.3 Å². The maximum absolute atomic E-state index is 5.28. The molecule has 0 amide bonds. The molecule has 2 nitrogen and oxygen atoms in total. The number of methoxy groups -OCH3 is 2. The number of benzene rings is 2. The summed E-state index contributed by atoms with van der Waals surface area (Å²) in [6, 6.07) is 16.2. The Morgan fingerprint density at radius 2 is 1.00 bits per heavy atom. The van der Waals surface area contributed by atoms with E-state index in [1.807, 2.05) is 38.1 Å². The molecule has 0 saturated carbocycles. The predicted molar refractivity (Wildman–Crippen MR) is 96.4 cm³/mol. The fraction of sp³-hybridized carbons (Fsp3) is 0.238. The smallest absolute Gasteiger partial charge is 0.118 e. The monoisotopic (exact) mass is 308 g/mol. The highest BCUT2D eigenvalue weighted by atomic mass is 16.5. The Balaban J connectivity index is 2.67. The Kier molecular flexibility index (Phi) is 4.95. The second kappa shape index (κ2) is 6.74. The van der Waals surface area contributed by atoms with Crippen LogP contribution in [0.1, 0.15) is 25.0 Å². The molecule has 0 saturated heterocycles. The van der Waals surface area contributed by atoms with Gasteiger partial charge in [0.05, 0.1) is 19.6 Å². The van der Waals surface area contributed by atoms with E-state index < -0.39 is 5.41 Å². The molecule has 120 valence electrons. The third kappa shape index (κ3) is 2.89. The highest BCUT2D eigenvalue weighted by Gasteiger charge is 2.36. The quantitative estimate of drug-likeness (QED) is 0.688. The van der Waals surface area contributed by atoms with Gasteiger partial charge in [0, 0.05) is 0 Å². The van der Waals surface area contributed by atoms with Crippen LogP contribution in [-0.4, -0.2) is 14.2 Å². The van der Waals surface area contributed by atoms with Crippen molar-refractivity contribution in [2.24, 2.45) is 0 Å². The largest absolute Gasteiger partial charge is 0.497 e. The van der Waals surface area contributed by atoms with Gasteiger partial charge in [-0.2, -0.15) is 0 Å². The Hall–Kier alpha value is -2.48.